The van der Waals surface area contributed by atoms with Crippen LogP contribution < -0.4 is 0 Å². The Bertz CT molecular complexity index is 485. The van der Waals surface area contributed by atoms with Crippen LogP contribution in [0.2, 0.25) is 0 Å². The molecule has 0 bridgehead atoms. The molecule has 8 heteroatoms. The van der Waals surface area contributed by atoms with Crippen LogP contribution in [-0.2, 0) is 22.1 Å². The Morgan fingerprint density at radius 1 is 1.42 bits per heavy atom. The molecule has 0 amide bonds. The van der Waals surface area contributed by atoms with Gasteiger partial charge < -0.3 is 4.74 Å². The summed E-state index contributed by atoms with van der Waals surface area (Å²) >= 11 is 0. The first-order valence-corrected chi connectivity index (χ1v) is 5.09. The number of carbonyl (C=O) groups excluding carboxylic acids is 1. The molecule has 19 heavy (non-hydrogen) atoms. The number of carbonyl (C=O) groups is 1. The number of alkyl halides is 5. The molecule has 0 saturated heterocycles. The first kappa shape index (κ1) is 15.3. The van der Waals surface area contributed by atoms with E-state index in [2.05, 4.69) is 9.72 Å². The minimum atomic E-state index is -4.96. The van der Waals surface area contributed by atoms with E-state index >= 15 is 0 Å². The zero-order chi connectivity index (χ0) is 14.8. The van der Waals surface area contributed by atoms with Gasteiger partial charge in [0.2, 0.25) is 0 Å². The molecule has 3 nitrogen and oxygen atoms in total. The molecule has 0 aliphatic rings. The Labute approximate surface area is 105 Å². The molecular formula is C11H10F5NO2. The predicted octanol–water partition coefficient (Wildman–Crippen LogP) is 3.06. The number of ether oxygens (including phenoxy) is 1. The molecule has 0 saturated carbocycles. The van der Waals surface area contributed by atoms with Crippen LogP contribution in [0.5, 0.6) is 0 Å². The molecule has 0 radical (unpaired) electrons. The quantitative estimate of drug-likeness (QED) is 0.632. The smallest absolute Gasteiger partial charge is 0.418 e. The summed E-state index contributed by atoms with van der Waals surface area (Å²) in [7, 11) is 1.07. The molecule has 1 rings (SSSR count). The van der Waals surface area contributed by atoms with Crippen molar-refractivity contribution in [1.82, 2.24) is 4.98 Å². The Kier molecular flexibility index (Phi) is 4.43. The number of esters is 1. The Balaban J connectivity index is 3.38. The van der Waals surface area contributed by atoms with Crippen LogP contribution in [0.1, 0.15) is 28.8 Å². The minimum absolute atomic E-state index is 0.0939. The standard InChI is InChI=1S/C11H10F5NO2/c1-5-6(3-7(18)19-2)4-17-9(10(12)13)8(5)11(14,15)16/h4,10H,3H2,1-2H3. The lowest BCUT2D eigenvalue weighted by Gasteiger charge is -2.16. The van der Waals surface area contributed by atoms with Gasteiger partial charge in [0.15, 0.2) is 0 Å². The third-order valence-electron chi connectivity index (χ3n) is 2.52. The number of hydrogen-bond donors (Lipinski definition) is 0. The lowest BCUT2D eigenvalue weighted by molar-refractivity contribution is -0.142. The summed E-state index contributed by atoms with van der Waals surface area (Å²) in [5, 5.41) is 0. The SMILES string of the molecule is COC(=O)Cc1cnc(C(F)F)c(C(F)(F)F)c1C. The molecule has 0 aliphatic heterocycles. The van der Waals surface area contributed by atoms with Gasteiger partial charge in [-0.25, -0.2) is 8.78 Å². The van der Waals surface area contributed by atoms with Crippen LogP contribution in [0.15, 0.2) is 6.20 Å². The van der Waals surface area contributed by atoms with Gasteiger partial charge in [0.1, 0.15) is 5.69 Å². The number of nitrogens with zero attached hydrogens (tertiary/aromatic N) is 1. The Morgan fingerprint density at radius 2 is 2.00 bits per heavy atom. The number of pyridine rings is 1. The summed E-state index contributed by atoms with van der Waals surface area (Å²) in [6.07, 6.45) is -7.93. The van der Waals surface area contributed by atoms with E-state index in [-0.39, 0.29) is 5.56 Å². The molecular weight excluding hydrogens is 273 g/mol. The van der Waals surface area contributed by atoms with Crippen LogP contribution in [0.4, 0.5) is 22.0 Å². The van der Waals surface area contributed by atoms with Crippen molar-refractivity contribution in [3.63, 3.8) is 0 Å². The van der Waals surface area contributed by atoms with E-state index in [9.17, 15) is 26.7 Å². The van der Waals surface area contributed by atoms with Crippen molar-refractivity contribution in [2.24, 2.45) is 0 Å². The van der Waals surface area contributed by atoms with E-state index in [0.717, 1.165) is 20.2 Å². The fourth-order valence-corrected chi connectivity index (χ4v) is 1.59. The third-order valence-corrected chi connectivity index (χ3v) is 2.52. The predicted molar refractivity (Wildman–Crippen MR) is 54.7 cm³/mol. The van der Waals surface area contributed by atoms with Crippen molar-refractivity contribution in [2.45, 2.75) is 25.9 Å². The average Bonchev–Trinajstić information content (AvgIpc) is 2.29. The largest absolute Gasteiger partial charge is 0.469 e. The van der Waals surface area contributed by atoms with Crippen molar-refractivity contribution in [2.75, 3.05) is 7.11 Å². The molecule has 0 aliphatic carbocycles. The summed E-state index contributed by atoms with van der Waals surface area (Å²) in [5.74, 6) is -0.775. The molecule has 1 aromatic heterocycles. The lowest BCUT2D eigenvalue weighted by atomic mass is 10.00. The molecule has 0 spiro atoms. The van der Waals surface area contributed by atoms with E-state index < -0.39 is 41.8 Å². The monoisotopic (exact) mass is 283 g/mol. The average molecular weight is 283 g/mol. The number of rotatable bonds is 3. The van der Waals surface area contributed by atoms with Gasteiger partial charge in [-0.2, -0.15) is 13.2 Å². The highest BCUT2D eigenvalue weighted by molar-refractivity contribution is 5.73. The van der Waals surface area contributed by atoms with Crippen molar-refractivity contribution >= 4 is 5.97 Å². The summed E-state index contributed by atoms with van der Waals surface area (Å²) < 4.78 is 67.7. The van der Waals surface area contributed by atoms with Gasteiger partial charge >= 0.3 is 12.1 Å². The van der Waals surface area contributed by atoms with Gasteiger partial charge in [-0.05, 0) is 18.1 Å². The van der Waals surface area contributed by atoms with Gasteiger partial charge in [-0.1, -0.05) is 0 Å². The lowest BCUT2D eigenvalue weighted by Crippen LogP contribution is -2.17. The second kappa shape index (κ2) is 5.50. The van der Waals surface area contributed by atoms with E-state index in [1.807, 2.05) is 0 Å². The van der Waals surface area contributed by atoms with E-state index in [0.29, 0.717) is 0 Å². The summed E-state index contributed by atoms with van der Waals surface area (Å²) in [5.41, 5.74) is -3.37. The van der Waals surface area contributed by atoms with Crippen molar-refractivity contribution < 1.29 is 31.5 Å². The first-order valence-electron chi connectivity index (χ1n) is 5.09. The van der Waals surface area contributed by atoms with Crippen LogP contribution in [0.3, 0.4) is 0 Å². The van der Waals surface area contributed by atoms with Gasteiger partial charge in [-0.3, -0.25) is 9.78 Å². The fraction of sp³-hybridized carbons (Fsp3) is 0.455. The second-order valence-electron chi connectivity index (χ2n) is 3.72. The molecule has 1 aromatic rings. The number of hydrogen-bond acceptors (Lipinski definition) is 3. The molecule has 1 heterocycles. The summed E-state index contributed by atoms with van der Waals surface area (Å²) in [6, 6.07) is 0. The van der Waals surface area contributed by atoms with Crippen molar-refractivity contribution in [3.8, 4) is 0 Å². The van der Waals surface area contributed by atoms with Gasteiger partial charge in [-0.15, -0.1) is 0 Å². The zero-order valence-electron chi connectivity index (χ0n) is 10.0. The van der Waals surface area contributed by atoms with Crippen molar-refractivity contribution in [1.29, 1.82) is 0 Å². The van der Waals surface area contributed by atoms with E-state index in [1.165, 1.54) is 0 Å². The van der Waals surface area contributed by atoms with E-state index in [1.54, 1.807) is 0 Å². The Hall–Kier alpha value is -1.73. The van der Waals surface area contributed by atoms with Gasteiger partial charge in [0.05, 0.1) is 19.1 Å². The highest BCUT2D eigenvalue weighted by atomic mass is 19.4. The maximum atomic E-state index is 12.8. The topological polar surface area (TPSA) is 39.2 Å². The minimum Gasteiger partial charge on any atom is -0.469 e. The van der Waals surface area contributed by atoms with Crippen LogP contribution in [-0.4, -0.2) is 18.1 Å². The Morgan fingerprint density at radius 3 is 2.42 bits per heavy atom. The van der Waals surface area contributed by atoms with Crippen LogP contribution >= 0.6 is 0 Å². The zero-order valence-corrected chi connectivity index (χ0v) is 10.0. The van der Waals surface area contributed by atoms with E-state index in [4.69, 9.17) is 0 Å². The van der Waals surface area contributed by atoms with Crippen molar-refractivity contribution in [3.05, 3.63) is 28.6 Å². The number of methoxy groups -OCH3 is 1. The van der Waals surface area contributed by atoms with Gasteiger partial charge in [0.25, 0.3) is 6.43 Å². The normalized spacial score (nSPS) is 11.8. The molecule has 0 N–H and O–H groups in total. The number of aromatic nitrogens is 1. The highest BCUT2D eigenvalue weighted by Gasteiger charge is 2.39. The molecule has 0 aromatic carbocycles. The molecule has 0 fully saturated rings. The maximum absolute atomic E-state index is 12.8. The van der Waals surface area contributed by atoms with Crippen LogP contribution in [0.25, 0.3) is 0 Å². The second-order valence-corrected chi connectivity index (χ2v) is 3.72. The molecule has 0 atom stereocenters. The van der Waals surface area contributed by atoms with Crippen LogP contribution in [0, 0.1) is 6.92 Å². The first-order chi connectivity index (χ1) is 8.68. The number of halogens is 5. The summed E-state index contributed by atoms with van der Waals surface area (Å²) in [4.78, 5) is 14.1. The third kappa shape index (κ3) is 3.39. The summed E-state index contributed by atoms with van der Waals surface area (Å²) in [6.45, 7) is 1.02. The molecule has 0 unspecified atom stereocenters. The maximum Gasteiger partial charge on any atom is 0.418 e. The fourth-order valence-electron chi connectivity index (χ4n) is 1.59. The molecule has 106 valence electrons. The highest BCUT2D eigenvalue weighted by Crippen LogP contribution is 2.38. The van der Waals surface area contributed by atoms with Gasteiger partial charge in [0, 0.05) is 6.20 Å².